The maximum absolute atomic E-state index is 5.69. The Labute approximate surface area is 129 Å². The molecule has 3 nitrogen and oxygen atoms in total. The molecule has 0 aliphatic heterocycles. The van der Waals surface area contributed by atoms with Gasteiger partial charge >= 0.3 is 0 Å². The summed E-state index contributed by atoms with van der Waals surface area (Å²) in [5.41, 5.74) is 2.42. The van der Waals surface area contributed by atoms with Crippen molar-refractivity contribution in [2.24, 2.45) is 0 Å². The van der Waals surface area contributed by atoms with Crippen LogP contribution in [0.2, 0.25) is 0 Å². The smallest absolute Gasteiger partial charge is 0.103 e. The summed E-state index contributed by atoms with van der Waals surface area (Å²) >= 11 is 1.76. The van der Waals surface area contributed by atoms with Gasteiger partial charge in [0.2, 0.25) is 0 Å². The standard InChI is InChI=1S/C17H21NO2S/c1-3-20-15-11-14(17(15)19-2)18-13-8-5-4-7-12(13)16-9-6-10-21-16/h4-10,14-15,17-18H,3,11H2,1-2H3. The van der Waals surface area contributed by atoms with Crippen molar-refractivity contribution in [2.75, 3.05) is 19.0 Å². The molecule has 4 heteroatoms. The lowest BCUT2D eigenvalue weighted by molar-refractivity contribution is -0.118. The average Bonchev–Trinajstić information content (AvgIpc) is 3.01. The second-order valence-corrected chi connectivity index (χ2v) is 6.15. The van der Waals surface area contributed by atoms with E-state index in [0.29, 0.717) is 6.04 Å². The van der Waals surface area contributed by atoms with Crippen molar-refractivity contribution in [1.29, 1.82) is 0 Å². The number of hydrogen-bond donors (Lipinski definition) is 1. The molecule has 3 rings (SSSR count). The first-order valence-electron chi connectivity index (χ1n) is 7.37. The molecule has 112 valence electrons. The van der Waals surface area contributed by atoms with Gasteiger partial charge in [-0.25, -0.2) is 0 Å². The van der Waals surface area contributed by atoms with Crippen molar-refractivity contribution in [1.82, 2.24) is 0 Å². The van der Waals surface area contributed by atoms with Gasteiger partial charge in [0.1, 0.15) is 6.10 Å². The van der Waals surface area contributed by atoms with E-state index in [4.69, 9.17) is 9.47 Å². The van der Waals surface area contributed by atoms with Crippen LogP contribution < -0.4 is 5.32 Å². The number of para-hydroxylation sites is 1. The summed E-state index contributed by atoms with van der Waals surface area (Å²) in [4.78, 5) is 1.28. The molecule has 0 bridgehead atoms. The topological polar surface area (TPSA) is 30.5 Å². The van der Waals surface area contributed by atoms with Crippen molar-refractivity contribution in [3.63, 3.8) is 0 Å². The van der Waals surface area contributed by atoms with Crippen LogP contribution in [0.1, 0.15) is 13.3 Å². The molecule has 0 amide bonds. The maximum Gasteiger partial charge on any atom is 0.103 e. The summed E-state index contributed by atoms with van der Waals surface area (Å²) in [7, 11) is 1.76. The Morgan fingerprint density at radius 2 is 2.10 bits per heavy atom. The van der Waals surface area contributed by atoms with Crippen LogP contribution in [0.5, 0.6) is 0 Å². The van der Waals surface area contributed by atoms with Crippen LogP contribution >= 0.6 is 11.3 Å². The maximum atomic E-state index is 5.69. The quantitative estimate of drug-likeness (QED) is 0.874. The van der Waals surface area contributed by atoms with E-state index in [-0.39, 0.29) is 12.2 Å². The number of nitrogens with one attached hydrogen (secondary N) is 1. The molecule has 1 saturated carbocycles. The van der Waals surface area contributed by atoms with Gasteiger partial charge in [-0.2, -0.15) is 0 Å². The van der Waals surface area contributed by atoms with Gasteiger partial charge in [-0.15, -0.1) is 11.3 Å². The van der Waals surface area contributed by atoms with E-state index in [0.717, 1.165) is 13.0 Å². The highest BCUT2D eigenvalue weighted by Gasteiger charge is 2.42. The van der Waals surface area contributed by atoms with Crippen molar-refractivity contribution in [2.45, 2.75) is 31.6 Å². The summed E-state index contributed by atoms with van der Waals surface area (Å²) < 4.78 is 11.3. The van der Waals surface area contributed by atoms with Crippen LogP contribution in [-0.4, -0.2) is 32.0 Å². The summed E-state index contributed by atoms with van der Waals surface area (Å²) in [6.45, 7) is 2.77. The third kappa shape index (κ3) is 2.98. The van der Waals surface area contributed by atoms with Crippen molar-refractivity contribution >= 4 is 17.0 Å². The number of anilines is 1. The van der Waals surface area contributed by atoms with Crippen molar-refractivity contribution in [3.8, 4) is 10.4 Å². The first-order chi connectivity index (χ1) is 10.3. The zero-order valence-corrected chi connectivity index (χ0v) is 13.2. The number of rotatable bonds is 6. The molecule has 1 N–H and O–H groups in total. The van der Waals surface area contributed by atoms with Gasteiger partial charge in [0, 0.05) is 29.8 Å². The third-order valence-electron chi connectivity index (χ3n) is 3.96. The van der Waals surface area contributed by atoms with Crippen molar-refractivity contribution in [3.05, 3.63) is 41.8 Å². The summed E-state index contributed by atoms with van der Waals surface area (Å²) in [6, 6.07) is 13.0. The Kier molecular flexibility index (Phi) is 4.58. The van der Waals surface area contributed by atoms with Crippen LogP contribution in [-0.2, 0) is 9.47 Å². The fourth-order valence-corrected chi connectivity index (χ4v) is 3.64. The lowest BCUT2D eigenvalue weighted by atomic mass is 9.84. The number of thiophene rings is 1. The molecule has 0 saturated heterocycles. The molecule has 1 aromatic carbocycles. The van der Waals surface area contributed by atoms with E-state index in [9.17, 15) is 0 Å². The largest absolute Gasteiger partial charge is 0.379 e. The minimum atomic E-state index is 0.126. The van der Waals surface area contributed by atoms with E-state index in [1.54, 1.807) is 18.4 Å². The molecular formula is C17H21NO2S. The molecule has 0 radical (unpaired) electrons. The normalized spacial score (nSPS) is 24.6. The van der Waals surface area contributed by atoms with Crippen LogP contribution in [0, 0.1) is 0 Å². The lowest BCUT2D eigenvalue weighted by Gasteiger charge is -2.44. The molecule has 3 unspecified atom stereocenters. The molecule has 21 heavy (non-hydrogen) atoms. The number of benzene rings is 1. The SMILES string of the molecule is CCOC1CC(Nc2ccccc2-c2cccs2)C1OC. The summed E-state index contributed by atoms with van der Waals surface area (Å²) in [5.74, 6) is 0. The van der Waals surface area contributed by atoms with Crippen LogP contribution in [0.4, 0.5) is 5.69 Å². The Balaban J connectivity index is 1.74. The fourth-order valence-electron chi connectivity index (χ4n) is 2.87. The van der Waals surface area contributed by atoms with E-state index >= 15 is 0 Å². The molecule has 3 atom stereocenters. The molecule has 1 aliphatic rings. The highest BCUT2D eigenvalue weighted by molar-refractivity contribution is 7.13. The number of hydrogen-bond acceptors (Lipinski definition) is 4. The minimum Gasteiger partial charge on any atom is -0.379 e. The van der Waals surface area contributed by atoms with E-state index in [2.05, 4.69) is 47.1 Å². The molecular weight excluding hydrogens is 282 g/mol. The Morgan fingerprint density at radius 1 is 1.24 bits per heavy atom. The van der Waals surface area contributed by atoms with Crippen LogP contribution in [0.3, 0.4) is 0 Å². The number of methoxy groups -OCH3 is 1. The summed E-state index contributed by atoms with van der Waals surface area (Å²) in [5, 5.41) is 5.74. The van der Waals surface area contributed by atoms with Gasteiger partial charge in [0.25, 0.3) is 0 Å². The third-order valence-corrected chi connectivity index (χ3v) is 4.86. The van der Waals surface area contributed by atoms with Gasteiger partial charge in [-0.05, 0) is 30.9 Å². The van der Waals surface area contributed by atoms with Crippen molar-refractivity contribution < 1.29 is 9.47 Å². The minimum absolute atomic E-state index is 0.126. The molecule has 1 aliphatic carbocycles. The van der Waals surface area contributed by atoms with Gasteiger partial charge in [0.15, 0.2) is 0 Å². The van der Waals surface area contributed by atoms with E-state index in [1.807, 2.05) is 6.92 Å². The van der Waals surface area contributed by atoms with Gasteiger partial charge in [0.05, 0.1) is 12.1 Å². The second-order valence-electron chi connectivity index (χ2n) is 5.20. The monoisotopic (exact) mass is 303 g/mol. The molecule has 1 aromatic heterocycles. The molecule has 1 heterocycles. The lowest BCUT2D eigenvalue weighted by Crippen LogP contribution is -2.56. The molecule has 0 spiro atoms. The first-order valence-corrected chi connectivity index (χ1v) is 8.25. The average molecular weight is 303 g/mol. The van der Waals surface area contributed by atoms with E-state index in [1.165, 1.54) is 16.1 Å². The molecule has 2 aromatic rings. The van der Waals surface area contributed by atoms with Crippen LogP contribution in [0.15, 0.2) is 41.8 Å². The fraction of sp³-hybridized carbons (Fsp3) is 0.412. The number of ether oxygens (including phenoxy) is 2. The van der Waals surface area contributed by atoms with Crippen LogP contribution in [0.25, 0.3) is 10.4 Å². The summed E-state index contributed by atoms with van der Waals surface area (Å²) in [6.07, 6.45) is 1.33. The second kappa shape index (κ2) is 6.60. The predicted octanol–water partition coefficient (Wildman–Crippen LogP) is 4.02. The van der Waals surface area contributed by atoms with Gasteiger partial charge in [-0.1, -0.05) is 24.3 Å². The zero-order chi connectivity index (χ0) is 14.7. The highest BCUT2D eigenvalue weighted by Crippen LogP contribution is 2.35. The Morgan fingerprint density at radius 3 is 2.81 bits per heavy atom. The molecule has 1 fully saturated rings. The first kappa shape index (κ1) is 14.6. The van der Waals surface area contributed by atoms with Gasteiger partial charge in [-0.3, -0.25) is 0 Å². The zero-order valence-electron chi connectivity index (χ0n) is 12.4. The van der Waals surface area contributed by atoms with E-state index < -0.39 is 0 Å². The predicted molar refractivity (Wildman–Crippen MR) is 88.0 cm³/mol. The highest BCUT2D eigenvalue weighted by atomic mass is 32.1. The Hall–Kier alpha value is -1.36. The van der Waals surface area contributed by atoms with Gasteiger partial charge < -0.3 is 14.8 Å². The Bertz CT molecular complexity index is 570.